The maximum absolute atomic E-state index is 11.1. The summed E-state index contributed by atoms with van der Waals surface area (Å²) in [5, 5.41) is 0. The van der Waals surface area contributed by atoms with Crippen LogP contribution in [0.25, 0.3) is 0 Å². The van der Waals surface area contributed by atoms with E-state index in [0.29, 0.717) is 24.3 Å². The number of hydrogen-bond donors (Lipinski definition) is 0. The van der Waals surface area contributed by atoms with E-state index in [1.807, 2.05) is 30.7 Å². The molecule has 0 saturated carbocycles. The van der Waals surface area contributed by atoms with Crippen LogP contribution in [-0.2, 0) is 9.59 Å². The maximum atomic E-state index is 11.1. The molecular formula is C16H26N4O3. The first kappa shape index (κ1) is 19.0. The number of anilines is 1. The molecule has 2 rings (SSSR count). The molecule has 7 nitrogen and oxygen atoms in total. The fourth-order valence-corrected chi connectivity index (χ4v) is 2.11. The van der Waals surface area contributed by atoms with E-state index in [0.717, 1.165) is 13.1 Å². The van der Waals surface area contributed by atoms with Crippen LogP contribution < -0.4 is 9.64 Å². The number of ketones is 2. The van der Waals surface area contributed by atoms with Gasteiger partial charge in [0.25, 0.3) is 0 Å². The number of likely N-dealkylation sites (N-methyl/N-ethyl adjacent to an activating group) is 1. The van der Waals surface area contributed by atoms with Gasteiger partial charge in [-0.05, 0) is 20.9 Å². The van der Waals surface area contributed by atoms with Crippen LogP contribution >= 0.6 is 0 Å². The van der Waals surface area contributed by atoms with E-state index in [4.69, 9.17) is 4.74 Å². The fraction of sp³-hybridized carbons (Fsp3) is 0.625. The Morgan fingerprint density at radius 1 is 1.22 bits per heavy atom. The first-order valence-corrected chi connectivity index (χ1v) is 7.84. The quantitative estimate of drug-likeness (QED) is 0.746. The molecule has 23 heavy (non-hydrogen) atoms. The summed E-state index contributed by atoms with van der Waals surface area (Å²) in [5.74, 6) is 1.25. The van der Waals surface area contributed by atoms with Crippen LogP contribution in [-0.4, -0.2) is 65.8 Å². The molecular weight excluding hydrogens is 296 g/mol. The Kier molecular flexibility index (Phi) is 7.61. The molecule has 0 aromatic carbocycles. The summed E-state index contributed by atoms with van der Waals surface area (Å²) in [6.45, 7) is 9.17. The topological polar surface area (TPSA) is 75.6 Å². The van der Waals surface area contributed by atoms with Crippen LogP contribution in [0.3, 0.4) is 0 Å². The number of aromatic nitrogens is 2. The van der Waals surface area contributed by atoms with Crippen LogP contribution in [0.4, 0.5) is 5.95 Å². The molecule has 1 aromatic heterocycles. The molecule has 1 aliphatic heterocycles. The Bertz CT molecular complexity index is 513. The van der Waals surface area contributed by atoms with Gasteiger partial charge < -0.3 is 9.64 Å². The lowest BCUT2D eigenvalue weighted by Gasteiger charge is -2.43. The van der Waals surface area contributed by atoms with Crippen LogP contribution in [0, 0.1) is 0 Å². The largest absolute Gasteiger partial charge is 0.483 e. The Morgan fingerprint density at radius 2 is 1.78 bits per heavy atom. The summed E-state index contributed by atoms with van der Waals surface area (Å²) in [6.07, 6.45) is 3.13. The normalized spacial score (nSPS) is 13.9. The van der Waals surface area contributed by atoms with Crippen LogP contribution in [0.2, 0.25) is 0 Å². The van der Waals surface area contributed by atoms with Crippen molar-refractivity contribution in [1.29, 1.82) is 0 Å². The van der Waals surface area contributed by atoms with E-state index in [1.54, 1.807) is 19.3 Å². The van der Waals surface area contributed by atoms with E-state index >= 15 is 0 Å². The van der Waals surface area contributed by atoms with Gasteiger partial charge in [-0.3, -0.25) is 14.5 Å². The van der Waals surface area contributed by atoms with Gasteiger partial charge in [0.1, 0.15) is 12.4 Å². The molecule has 1 aromatic rings. The van der Waals surface area contributed by atoms with Gasteiger partial charge in [0.15, 0.2) is 11.5 Å². The molecule has 0 amide bonds. The second-order valence-electron chi connectivity index (χ2n) is 5.39. The van der Waals surface area contributed by atoms with Crippen molar-refractivity contribution in [2.45, 2.75) is 33.7 Å². The molecule has 7 heteroatoms. The lowest BCUT2D eigenvalue weighted by Crippen LogP contribution is -2.59. The second-order valence-corrected chi connectivity index (χ2v) is 5.39. The molecule has 1 aliphatic rings. The molecule has 0 unspecified atom stereocenters. The summed E-state index contributed by atoms with van der Waals surface area (Å²) in [7, 11) is 1.95. The zero-order chi connectivity index (χ0) is 17.4. The third-order valence-corrected chi connectivity index (χ3v) is 3.30. The average molecular weight is 322 g/mol. The number of ether oxygens (including phenoxy) is 1. The number of carbonyl (C=O) groups is 2. The van der Waals surface area contributed by atoms with Crippen molar-refractivity contribution in [2.75, 3.05) is 38.2 Å². The summed E-state index contributed by atoms with van der Waals surface area (Å²) in [6, 6.07) is 0.353. The Morgan fingerprint density at radius 3 is 2.26 bits per heavy atom. The third kappa shape index (κ3) is 5.94. The summed E-state index contributed by atoms with van der Waals surface area (Å²) in [4.78, 5) is 34.4. The highest BCUT2D eigenvalue weighted by Gasteiger charge is 2.31. The van der Waals surface area contributed by atoms with E-state index < -0.39 is 0 Å². The van der Waals surface area contributed by atoms with E-state index in [-0.39, 0.29) is 18.2 Å². The van der Waals surface area contributed by atoms with Crippen molar-refractivity contribution in [3.8, 4) is 5.75 Å². The molecule has 0 atom stereocenters. The van der Waals surface area contributed by atoms with Gasteiger partial charge in [0.05, 0.1) is 18.9 Å². The predicted molar refractivity (Wildman–Crippen MR) is 88.9 cm³/mol. The molecule has 0 bridgehead atoms. The lowest BCUT2D eigenvalue weighted by atomic mass is 10.1. The molecule has 128 valence electrons. The third-order valence-electron chi connectivity index (χ3n) is 3.30. The molecule has 0 N–H and O–H groups in total. The minimum absolute atomic E-state index is 0.0321. The monoisotopic (exact) mass is 322 g/mol. The highest BCUT2D eigenvalue weighted by atomic mass is 16.5. The van der Waals surface area contributed by atoms with Crippen molar-refractivity contribution < 1.29 is 14.3 Å². The number of hydrogen-bond acceptors (Lipinski definition) is 7. The number of Topliss-reactive ketones (excluding diaryl/α,β-unsaturated/α-hetero) is 2. The Hall–Kier alpha value is -2.02. The second kappa shape index (κ2) is 9.19. The Balaban J connectivity index is 0.00000127. The number of nitrogens with zero attached hydrogens (tertiary/aromatic N) is 4. The zero-order valence-corrected chi connectivity index (χ0v) is 14.6. The van der Waals surface area contributed by atoms with Gasteiger partial charge in [-0.2, -0.15) is 0 Å². The van der Waals surface area contributed by atoms with Gasteiger partial charge in [-0.25, -0.2) is 9.97 Å². The summed E-state index contributed by atoms with van der Waals surface area (Å²) in [5.41, 5.74) is 0. The molecule has 1 fully saturated rings. The predicted octanol–water partition coefficient (Wildman–Crippen LogP) is 1.18. The van der Waals surface area contributed by atoms with E-state index in [2.05, 4.69) is 9.97 Å². The van der Waals surface area contributed by atoms with Gasteiger partial charge in [0.2, 0.25) is 5.95 Å². The molecule has 0 aliphatic carbocycles. The van der Waals surface area contributed by atoms with Crippen LogP contribution in [0.1, 0.15) is 27.7 Å². The van der Waals surface area contributed by atoms with E-state index in [9.17, 15) is 9.59 Å². The van der Waals surface area contributed by atoms with Crippen LogP contribution in [0.5, 0.6) is 5.75 Å². The van der Waals surface area contributed by atoms with Gasteiger partial charge in [0, 0.05) is 19.1 Å². The van der Waals surface area contributed by atoms with Crippen LogP contribution in [0.15, 0.2) is 12.4 Å². The highest BCUT2D eigenvalue weighted by Crippen LogP contribution is 2.20. The standard InChI is InChI=1S/C14H20N4O3.C2H6/c1-10(19)6-17(3)12-7-18(8-12)14-15-4-13(5-16-14)21-9-11(2)20;1-2/h4-5,12H,6-9H2,1-3H3;1-2H3. The smallest absolute Gasteiger partial charge is 0.225 e. The SMILES string of the molecule is CC.CC(=O)COc1cnc(N2CC(N(C)CC(C)=O)C2)nc1. The molecule has 1 saturated heterocycles. The van der Waals surface area contributed by atoms with Crippen molar-refractivity contribution in [3.63, 3.8) is 0 Å². The highest BCUT2D eigenvalue weighted by molar-refractivity contribution is 5.77. The minimum atomic E-state index is -0.0434. The van der Waals surface area contributed by atoms with E-state index in [1.165, 1.54) is 6.92 Å². The van der Waals surface area contributed by atoms with Gasteiger partial charge in [-0.15, -0.1) is 0 Å². The number of carbonyl (C=O) groups excluding carboxylic acids is 2. The minimum Gasteiger partial charge on any atom is -0.483 e. The Labute approximate surface area is 137 Å². The molecule has 2 heterocycles. The average Bonchev–Trinajstić information content (AvgIpc) is 2.46. The summed E-state index contributed by atoms with van der Waals surface area (Å²) < 4.78 is 5.22. The zero-order valence-electron chi connectivity index (χ0n) is 14.6. The van der Waals surface area contributed by atoms with Crippen molar-refractivity contribution in [3.05, 3.63) is 12.4 Å². The van der Waals surface area contributed by atoms with Crippen molar-refractivity contribution >= 4 is 17.5 Å². The maximum Gasteiger partial charge on any atom is 0.225 e. The first-order chi connectivity index (χ1) is 11.0. The molecule has 0 spiro atoms. The lowest BCUT2D eigenvalue weighted by molar-refractivity contribution is -0.119. The summed E-state index contributed by atoms with van der Waals surface area (Å²) >= 11 is 0. The fourth-order valence-electron chi connectivity index (χ4n) is 2.11. The number of rotatable bonds is 7. The first-order valence-electron chi connectivity index (χ1n) is 7.84. The van der Waals surface area contributed by atoms with Gasteiger partial charge >= 0.3 is 0 Å². The molecule has 0 radical (unpaired) electrons. The van der Waals surface area contributed by atoms with Crippen molar-refractivity contribution in [2.24, 2.45) is 0 Å². The van der Waals surface area contributed by atoms with Crippen molar-refractivity contribution in [1.82, 2.24) is 14.9 Å². The van der Waals surface area contributed by atoms with Gasteiger partial charge in [-0.1, -0.05) is 13.8 Å².